The number of oxazole rings is 1. The van der Waals surface area contributed by atoms with Crippen molar-refractivity contribution in [1.29, 1.82) is 0 Å². The van der Waals surface area contributed by atoms with Crippen molar-refractivity contribution in [2.45, 2.75) is 18.2 Å². The number of methoxy groups -OCH3 is 1. The molecule has 1 unspecified atom stereocenters. The molecule has 3 rings (SSSR count). The first-order valence-corrected chi connectivity index (χ1v) is 9.72. The number of nitrogens with zero attached hydrogens (tertiary/aromatic N) is 1. The number of hydrogen-bond donors (Lipinski definition) is 2. The third-order valence-electron chi connectivity index (χ3n) is 4.55. The maximum atomic E-state index is 12.6. The van der Waals surface area contributed by atoms with Crippen LogP contribution in [0.3, 0.4) is 0 Å². The van der Waals surface area contributed by atoms with E-state index in [4.69, 9.17) is 9.15 Å². The van der Waals surface area contributed by atoms with E-state index in [0.29, 0.717) is 24.2 Å². The molecule has 1 aliphatic rings. The van der Waals surface area contributed by atoms with Gasteiger partial charge in [0.1, 0.15) is 0 Å². The van der Waals surface area contributed by atoms with E-state index in [9.17, 15) is 13.2 Å². The number of H-pyrrole nitrogens is 1. The molecule has 0 saturated carbocycles. The van der Waals surface area contributed by atoms with Crippen molar-refractivity contribution in [2.75, 3.05) is 39.9 Å². The van der Waals surface area contributed by atoms with Gasteiger partial charge in [-0.25, -0.2) is 17.9 Å². The molecule has 1 saturated heterocycles. The van der Waals surface area contributed by atoms with Crippen LogP contribution in [0.1, 0.15) is 12.0 Å². The largest absolute Gasteiger partial charge is 0.417 e. The average molecular weight is 369 g/mol. The number of aromatic nitrogens is 1. The maximum Gasteiger partial charge on any atom is 0.417 e. The first-order chi connectivity index (χ1) is 11.9. The van der Waals surface area contributed by atoms with Crippen molar-refractivity contribution in [3.63, 3.8) is 0 Å². The van der Waals surface area contributed by atoms with Crippen molar-refractivity contribution in [2.24, 2.45) is 5.92 Å². The predicted molar refractivity (Wildman–Crippen MR) is 93.2 cm³/mol. The third kappa shape index (κ3) is 4.12. The number of aromatic amines is 1. The van der Waals surface area contributed by atoms with Gasteiger partial charge in [0, 0.05) is 32.8 Å². The molecule has 0 aliphatic carbocycles. The highest BCUT2D eigenvalue weighted by Gasteiger charge is 2.25. The zero-order valence-corrected chi connectivity index (χ0v) is 15.2. The Balaban J connectivity index is 1.68. The van der Waals surface area contributed by atoms with Gasteiger partial charge >= 0.3 is 5.76 Å². The molecule has 0 bridgehead atoms. The van der Waals surface area contributed by atoms with Gasteiger partial charge in [-0.3, -0.25) is 4.98 Å². The summed E-state index contributed by atoms with van der Waals surface area (Å²) in [7, 11) is -1.99. The number of rotatable bonds is 7. The quantitative estimate of drug-likeness (QED) is 0.744. The van der Waals surface area contributed by atoms with Crippen LogP contribution in [0.25, 0.3) is 11.1 Å². The number of likely N-dealkylation sites (tertiary alicyclic amines) is 1. The van der Waals surface area contributed by atoms with E-state index in [1.54, 1.807) is 20.1 Å². The van der Waals surface area contributed by atoms with Crippen LogP contribution in [0.2, 0.25) is 0 Å². The van der Waals surface area contributed by atoms with Gasteiger partial charge in [0.05, 0.1) is 17.0 Å². The van der Waals surface area contributed by atoms with Gasteiger partial charge in [0.2, 0.25) is 10.0 Å². The lowest BCUT2D eigenvalue weighted by molar-refractivity contribution is 0.159. The van der Waals surface area contributed by atoms with Crippen molar-refractivity contribution < 1.29 is 17.6 Å². The summed E-state index contributed by atoms with van der Waals surface area (Å²) in [6.45, 7) is 5.44. The monoisotopic (exact) mass is 369 g/mol. The summed E-state index contributed by atoms with van der Waals surface area (Å²) in [4.78, 5) is 16.2. The van der Waals surface area contributed by atoms with Crippen molar-refractivity contribution >= 4 is 21.1 Å². The number of benzene rings is 1. The molecule has 1 aromatic carbocycles. The summed E-state index contributed by atoms with van der Waals surface area (Å²) >= 11 is 0. The molecule has 1 atom stereocenters. The highest BCUT2D eigenvalue weighted by Crippen LogP contribution is 2.22. The SMILES string of the molecule is COCCN1CCC(CNS(=O)(=O)c2cc3oc(=O)[nH]c3cc2C)C1. The summed E-state index contributed by atoms with van der Waals surface area (Å²) < 4.78 is 38.0. The maximum absolute atomic E-state index is 12.6. The second kappa shape index (κ2) is 7.28. The minimum Gasteiger partial charge on any atom is -0.408 e. The summed E-state index contributed by atoms with van der Waals surface area (Å²) in [5, 5.41) is 0. The van der Waals surface area contributed by atoms with Crippen LogP contribution in [0.15, 0.2) is 26.2 Å². The Morgan fingerprint density at radius 2 is 2.24 bits per heavy atom. The van der Waals surface area contributed by atoms with E-state index in [1.807, 2.05) is 0 Å². The Morgan fingerprint density at radius 1 is 1.44 bits per heavy atom. The summed E-state index contributed by atoms with van der Waals surface area (Å²) in [6, 6.07) is 3.00. The number of hydrogen-bond acceptors (Lipinski definition) is 6. The van der Waals surface area contributed by atoms with Crippen LogP contribution in [0.4, 0.5) is 0 Å². The Hall–Kier alpha value is -1.68. The topological polar surface area (TPSA) is 105 Å². The fourth-order valence-electron chi connectivity index (χ4n) is 3.18. The first-order valence-electron chi connectivity index (χ1n) is 8.23. The number of nitrogens with one attached hydrogen (secondary N) is 2. The Bertz CT molecular complexity index is 902. The predicted octanol–water partition coefficient (Wildman–Crippen LogP) is 0.676. The zero-order valence-electron chi connectivity index (χ0n) is 14.4. The van der Waals surface area contributed by atoms with E-state index in [1.165, 1.54) is 6.07 Å². The number of aryl methyl sites for hydroxylation is 1. The van der Waals surface area contributed by atoms with E-state index < -0.39 is 15.8 Å². The first kappa shape index (κ1) is 18.1. The molecule has 2 N–H and O–H groups in total. The molecular weight excluding hydrogens is 346 g/mol. The molecule has 1 aromatic heterocycles. The van der Waals surface area contributed by atoms with E-state index in [0.717, 1.165) is 26.1 Å². The molecule has 25 heavy (non-hydrogen) atoms. The van der Waals surface area contributed by atoms with Gasteiger partial charge < -0.3 is 14.1 Å². The molecular formula is C16H23N3O5S. The molecule has 8 nitrogen and oxygen atoms in total. The fraction of sp³-hybridized carbons (Fsp3) is 0.562. The summed E-state index contributed by atoms with van der Waals surface area (Å²) in [5.41, 5.74) is 1.29. The lowest BCUT2D eigenvalue weighted by Gasteiger charge is -2.16. The van der Waals surface area contributed by atoms with Crippen molar-refractivity contribution in [3.05, 3.63) is 28.2 Å². The lowest BCUT2D eigenvalue weighted by atomic mass is 10.1. The highest BCUT2D eigenvalue weighted by molar-refractivity contribution is 7.89. The smallest absolute Gasteiger partial charge is 0.408 e. The van der Waals surface area contributed by atoms with E-state index in [-0.39, 0.29) is 16.4 Å². The number of fused-ring (bicyclic) bond motifs is 1. The van der Waals surface area contributed by atoms with Crippen LogP contribution in [-0.4, -0.2) is 58.2 Å². The number of sulfonamides is 1. The minimum absolute atomic E-state index is 0.136. The van der Waals surface area contributed by atoms with Crippen LogP contribution in [-0.2, 0) is 14.8 Å². The Kier molecular flexibility index (Phi) is 5.28. The zero-order chi connectivity index (χ0) is 18.0. The summed E-state index contributed by atoms with van der Waals surface area (Å²) in [5.74, 6) is -0.320. The molecule has 1 fully saturated rings. The third-order valence-corrected chi connectivity index (χ3v) is 6.12. The molecule has 0 spiro atoms. The normalized spacial score (nSPS) is 19.0. The second-order valence-electron chi connectivity index (χ2n) is 6.43. The fourth-order valence-corrected chi connectivity index (χ4v) is 4.54. The van der Waals surface area contributed by atoms with Gasteiger partial charge in [-0.1, -0.05) is 0 Å². The van der Waals surface area contributed by atoms with Gasteiger partial charge in [-0.15, -0.1) is 0 Å². The molecule has 2 aromatic rings. The second-order valence-corrected chi connectivity index (χ2v) is 8.16. The van der Waals surface area contributed by atoms with Crippen molar-refractivity contribution in [3.8, 4) is 0 Å². The van der Waals surface area contributed by atoms with Gasteiger partial charge in [-0.2, -0.15) is 0 Å². The van der Waals surface area contributed by atoms with Gasteiger partial charge in [0.15, 0.2) is 5.58 Å². The lowest BCUT2D eigenvalue weighted by Crippen LogP contribution is -2.32. The van der Waals surface area contributed by atoms with Gasteiger partial charge in [-0.05, 0) is 37.4 Å². The van der Waals surface area contributed by atoms with E-state index in [2.05, 4.69) is 14.6 Å². The van der Waals surface area contributed by atoms with Crippen LogP contribution in [0, 0.1) is 12.8 Å². The molecule has 9 heteroatoms. The Morgan fingerprint density at radius 3 is 3.00 bits per heavy atom. The Labute approximate surface area is 146 Å². The average Bonchev–Trinajstić information content (AvgIpc) is 3.15. The summed E-state index contributed by atoms with van der Waals surface area (Å²) in [6.07, 6.45) is 0.955. The standard InChI is InChI=1S/C16H23N3O5S/c1-11-7-13-14(24-16(20)18-13)8-15(11)25(21,22)17-9-12-3-4-19(10-12)5-6-23-2/h7-8,12,17H,3-6,9-10H2,1-2H3,(H,18,20). The van der Waals surface area contributed by atoms with Gasteiger partial charge in [0.25, 0.3) is 0 Å². The van der Waals surface area contributed by atoms with Crippen LogP contribution >= 0.6 is 0 Å². The van der Waals surface area contributed by atoms with Crippen LogP contribution in [0.5, 0.6) is 0 Å². The minimum atomic E-state index is -3.66. The van der Waals surface area contributed by atoms with Crippen molar-refractivity contribution in [1.82, 2.24) is 14.6 Å². The molecule has 1 aliphatic heterocycles. The highest BCUT2D eigenvalue weighted by atomic mass is 32.2. The molecule has 138 valence electrons. The molecule has 0 amide bonds. The number of ether oxygens (including phenoxy) is 1. The molecule has 0 radical (unpaired) electrons. The van der Waals surface area contributed by atoms with E-state index >= 15 is 0 Å². The van der Waals surface area contributed by atoms with Crippen LogP contribution < -0.4 is 10.5 Å². The molecule has 2 heterocycles.